The van der Waals surface area contributed by atoms with Gasteiger partial charge >= 0.3 is 0 Å². The predicted octanol–water partition coefficient (Wildman–Crippen LogP) is 5.60. The molecule has 0 spiro atoms. The monoisotopic (exact) mass is 324 g/mol. The molecule has 0 aromatic heterocycles. The molecule has 2 aliphatic rings. The van der Waals surface area contributed by atoms with E-state index >= 15 is 0 Å². The molecule has 2 rings (SSSR count). The molecule has 2 N–H and O–H groups in total. The maximum absolute atomic E-state index is 6.42. The van der Waals surface area contributed by atoms with Gasteiger partial charge in [0.15, 0.2) is 0 Å². The zero-order valence-corrected chi connectivity index (χ0v) is 16.7. The van der Waals surface area contributed by atoms with Gasteiger partial charge in [0.2, 0.25) is 0 Å². The Morgan fingerprint density at radius 2 is 1.09 bits per heavy atom. The van der Waals surface area contributed by atoms with E-state index in [9.17, 15) is 0 Å². The minimum absolute atomic E-state index is 0.538. The molecule has 0 aromatic rings. The van der Waals surface area contributed by atoms with Crippen molar-refractivity contribution in [3.63, 3.8) is 0 Å². The van der Waals surface area contributed by atoms with Gasteiger partial charge in [-0.3, -0.25) is 4.90 Å². The SMILES string of the molecule is CCN(C(C)C)C(C)C.NC(C1CCCCC1)C1CCCCC1. The highest BCUT2D eigenvalue weighted by molar-refractivity contribution is 4.84. The van der Waals surface area contributed by atoms with Gasteiger partial charge in [-0.15, -0.1) is 0 Å². The van der Waals surface area contributed by atoms with Gasteiger partial charge in [0.1, 0.15) is 0 Å². The highest BCUT2D eigenvalue weighted by atomic mass is 15.2. The van der Waals surface area contributed by atoms with Crippen molar-refractivity contribution >= 4 is 0 Å². The Balaban J connectivity index is 0.000000257. The summed E-state index contributed by atoms with van der Waals surface area (Å²) in [5.41, 5.74) is 6.42. The molecule has 0 bridgehead atoms. The van der Waals surface area contributed by atoms with Crippen LogP contribution in [-0.2, 0) is 0 Å². The first-order valence-electron chi connectivity index (χ1n) is 10.5. The van der Waals surface area contributed by atoms with Crippen LogP contribution in [0.15, 0.2) is 0 Å². The average molecular weight is 325 g/mol. The summed E-state index contributed by atoms with van der Waals surface area (Å²) < 4.78 is 0. The van der Waals surface area contributed by atoms with Gasteiger partial charge in [-0.05, 0) is 71.8 Å². The number of nitrogens with two attached hydrogens (primary N) is 1. The quantitative estimate of drug-likeness (QED) is 0.713. The van der Waals surface area contributed by atoms with Gasteiger partial charge in [-0.25, -0.2) is 0 Å². The average Bonchev–Trinajstić information content (AvgIpc) is 2.56. The lowest BCUT2D eigenvalue weighted by Gasteiger charge is -2.35. The number of hydrogen-bond donors (Lipinski definition) is 1. The lowest BCUT2D eigenvalue weighted by Crippen LogP contribution is -2.39. The van der Waals surface area contributed by atoms with Crippen LogP contribution >= 0.6 is 0 Å². The van der Waals surface area contributed by atoms with Gasteiger partial charge in [0.25, 0.3) is 0 Å². The first-order valence-corrected chi connectivity index (χ1v) is 10.5. The zero-order chi connectivity index (χ0) is 17.2. The van der Waals surface area contributed by atoms with Gasteiger partial charge < -0.3 is 5.73 Å². The van der Waals surface area contributed by atoms with Crippen molar-refractivity contribution in [2.45, 2.75) is 117 Å². The van der Waals surface area contributed by atoms with Crippen molar-refractivity contribution in [2.75, 3.05) is 6.54 Å². The Morgan fingerprint density at radius 1 is 0.739 bits per heavy atom. The summed E-state index contributed by atoms with van der Waals surface area (Å²) >= 11 is 0. The largest absolute Gasteiger partial charge is 0.327 e. The molecular weight excluding hydrogens is 280 g/mol. The summed E-state index contributed by atoms with van der Waals surface area (Å²) in [5.74, 6) is 1.73. The van der Waals surface area contributed by atoms with Crippen LogP contribution in [0.2, 0.25) is 0 Å². The molecular formula is C21H44N2. The molecule has 2 nitrogen and oxygen atoms in total. The van der Waals surface area contributed by atoms with E-state index in [0.717, 1.165) is 18.4 Å². The maximum Gasteiger partial charge on any atom is 0.00956 e. The van der Waals surface area contributed by atoms with E-state index in [1.807, 2.05) is 0 Å². The highest BCUT2D eigenvalue weighted by Crippen LogP contribution is 2.34. The van der Waals surface area contributed by atoms with Crippen molar-refractivity contribution in [1.82, 2.24) is 4.90 Å². The maximum atomic E-state index is 6.42. The summed E-state index contributed by atoms with van der Waals surface area (Å²) in [5, 5.41) is 0. The molecule has 0 radical (unpaired) electrons. The van der Waals surface area contributed by atoms with Crippen LogP contribution in [0.5, 0.6) is 0 Å². The van der Waals surface area contributed by atoms with E-state index in [2.05, 4.69) is 39.5 Å². The van der Waals surface area contributed by atoms with Crippen LogP contribution in [0.4, 0.5) is 0 Å². The Labute approximate surface area is 146 Å². The number of rotatable bonds is 5. The zero-order valence-electron chi connectivity index (χ0n) is 16.7. The lowest BCUT2D eigenvalue weighted by atomic mass is 9.74. The molecule has 2 aliphatic carbocycles. The molecule has 0 aliphatic heterocycles. The minimum Gasteiger partial charge on any atom is -0.327 e. The van der Waals surface area contributed by atoms with Crippen LogP contribution in [0.25, 0.3) is 0 Å². The second-order valence-corrected chi connectivity index (χ2v) is 8.39. The fourth-order valence-electron chi connectivity index (χ4n) is 4.75. The van der Waals surface area contributed by atoms with Gasteiger partial charge in [0, 0.05) is 18.1 Å². The van der Waals surface area contributed by atoms with Crippen LogP contribution in [0.3, 0.4) is 0 Å². The summed E-state index contributed by atoms with van der Waals surface area (Å²) in [6.45, 7) is 12.3. The van der Waals surface area contributed by atoms with E-state index in [-0.39, 0.29) is 0 Å². The van der Waals surface area contributed by atoms with E-state index in [0.29, 0.717) is 18.1 Å². The minimum atomic E-state index is 0.538. The molecule has 2 saturated carbocycles. The first kappa shape index (κ1) is 21.0. The van der Waals surface area contributed by atoms with E-state index < -0.39 is 0 Å². The lowest BCUT2D eigenvalue weighted by molar-refractivity contribution is 0.185. The fourth-order valence-corrected chi connectivity index (χ4v) is 4.75. The third-order valence-corrected chi connectivity index (χ3v) is 6.08. The van der Waals surface area contributed by atoms with Crippen LogP contribution in [0, 0.1) is 11.8 Å². The van der Waals surface area contributed by atoms with Crippen LogP contribution in [-0.4, -0.2) is 29.6 Å². The molecule has 23 heavy (non-hydrogen) atoms. The second kappa shape index (κ2) is 11.5. The van der Waals surface area contributed by atoms with Crippen molar-refractivity contribution in [3.8, 4) is 0 Å². The van der Waals surface area contributed by atoms with Gasteiger partial charge in [-0.2, -0.15) is 0 Å². The smallest absolute Gasteiger partial charge is 0.00956 e. The fraction of sp³-hybridized carbons (Fsp3) is 1.00. The van der Waals surface area contributed by atoms with Crippen molar-refractivity contribution < 1.29 is 0 Å². The molecule has 0 saturated heterocycles. The van der Waals surface area contributed by atoms with Crippen LogP contribution in [0.1, 0.15) is 98.8 Å². The standard InChI is InChI=1S/C13H25N.C8H19N/c14-13(11-7-3-1-4-8-11)12-9-5-2-6-10-12;1-6-9(7(2)3)8(4)5/h11-13H,1-10,14H2;7-8H,6H2,1-5H3. The Hall–Kier alpha value is -0.0800. The molecule has 0 unspecified atom stereocenters. The van der Waals surface area contributed by atoms with Crippen molar-refractivity contribution in [3.05, 3.63) is 0 Å². The normalized spacial score (nSPS) is 21.1. The Kier molecular flexibility index (Phi) is 10.5. The number of hydrogen-bond acceptors (Lipinski definition) is 2. The summed E-state index contributed by atoms with van der Waals surface area (Å²) in [6.07, 6.45) is 14.3. The highest BCUT2D eigenvalue weighted by Gasteiger charge is 2.28. The third kappa shape index (κ3) is 7.56. The van der Waals surface area contributed by atoms with Crippen molar-refractivity contribution in [2.24, 2.45) is 17.6 Å². The second-order valence-electron chi connectivity index (χ2n) is 8.39. The van der Waals surface area contributed by atoms with Gasteiger partial charge in [0.05, 0.1) is 0 Å². The van der Waals surface area contributed by atoms with E-state index in [4.69, 9.17) is 5.73 Å². The summed E-state index contributed by atoms with van der Waals surface area (Å²) in [6, 6.07) is 1.92. The molecule has 0 atom stereocenters. The molecule has 138 valence electrons. The topological polar surface area (TPSA) is 29.3 Å². The Morgan fingerprint density at radius 3 is 1.30 bits per heavy atom. The molecule has 2 fully saturated rings. The van der Waals surface area contributed by atoms with E-state index in [1.165, 1.54) is 64.2 Å². The summed E-state index contributed by atoms with van der Waals surface area (Å²) in [7, 11) is 0. The van der Waals surface area contributed by atoms with Crippen molar-refractivity contribution in [1.29, 1.82) is 0 Å². The molecule has 0 amide bonds. The predicted molar refractivity (Wildman–Crippen MR) is 104 cm³/mol. The summed E-state index contributed by atoms with van der Waals surface area (Å²) in [4.78, 5) is 2.46. The molecule has 0 heterocycles. The molecule has 0 aromatic carbocycles. The Bertz CT molecular complexity index is 250. The first-order chi connectivity index (χ1) is 11.0. The van der Waals surface area contributed by atoms with Gasteiger partial charge in [-0.1, -0.05) is 45.4 Å². The number of nitrogens with zero attached hydrogens (tertiary/aromatic N) is 1. The van der Waals surface area contributed by atoms with E-state index in [1.54, 1.807) is 0 Å². The third-order valence-electron chi connectivity index (χ3n) is 6.08. The molecule has 2 heteroatoms. The van der Waals surface area contributed by atoms with Crippen LogP contribution < -0.4 is 5.73 Å².